The van der Waals surface area contributed by atoms with Crippen LogP contribution >= 0.6 is 11.8 Å². The maximum Gasteiger partial charge on any atom is 0.196 e. The fourth-order valence-electron chi connectivity index (χ4n) is 2.77. The second-order valence-electron chi connectivity index (χ2n) is 7.24. The molecule has 6 heteroatoms. The SMILES string of the molecule is COc1ccc(-n2c(SCCO)nnc2-c2ccc(C(C)(C)C)cc2)cc1. The van der Waals surface area contributed by atoms with E-state index < -0.39 is 0 Å². The lowest BCUT2D eigenvalue weighted by Gasteiger charge is -2.19. The highest BCUT2D eigenvalue weighted by Crippen LogP contribution is 2.30. The van der Waals surface area contributed by atoms with Gasteiger partial charge in [0.1, 0.15) is 5.75 Å². The van der Waals surface area contributed by atoms with Gasteiger partial charge in [-0.1, -0.05) is 56.8 Å². The molecule has 142 valence electrons. The van der Waals surface area contributed by atoms with Crippen molar-refractivity contribution in [3.8, 4) is 22.8 Å². The van der Waals surface area contributed by atoms with Gasteiger partial charge in [-0.3, -0.25) is 4.57 Å². The molecule has 0 bridgehead atoms. The number of aromatic nitrogens is 3. The highest BCUT2D eigenvalue weighted by Gasteiger charge is 2.18. The van der Waals surface area contributed by atoms with Gasteiger partial charge in [-0.15, -0.1) is 10.2 Å². The van der Waals surface area contributed by atoms with Crippen LogP contribution in [0.5, 0.6) is 5.75 Å². The Morgan fingerprint density at radius 1 is 1.00 bits per heavy atom. The van der Waals surface area contributed by atoms with E-state index in [4.69, 9.17) is 4.74 Å². The third-order valence-electron chi connectivity index (χ3n) is 4.30. The lowest BCUT2D eigenvalue weighted by atomic mass is 9.87. The third-order valence-corrected chi connectivity index (χ3v) is 5.20. The Labute approximate surface area is 164 Å². The Kier molecular flexibility index (Phi) is 5.87. The summed E-state index contributed by atoms with van der Waals surface area (Å²) in [5.41, 5.74) is 3.33. The van der Waals surface area contributed by atoms with Crippen molar-refractivity contribution in [3.63, 3.8) is 0 Å². The van der Waals surface area contributed by atoms with Gasteiger partial charge in [0.15, 0.2) is 11.0 Å². The highest BCUT2D eigenvalue weighted by molar-refractivity contribution is 7.99. The molecule has 0 saturated carbocycles. The number of nitrogens with zero attached hydrogens (tertiary/aromatic N) is 3. The van der Waals surface area contributed by atoms with Crippen LogP contribution in [-0.2, 0) is 5.41 Å². The molecule has 0 saturated heterocycles. The van der Waals surface area contributed by atoms with Gasteiger partial charge in [0.2, 0.25) is 0 Å². The molecule has 0 aliphatic carbocycles. The summed E-state index contributed by atoms with van der Waals surface area (Å²) in [7, 11) is 1.65. The van der Waals surface area contributed by atoms with Crippen molar-refractivity contribution >= 4 is 11.8 Å². The Morgan fingerprint density at radius 2 is 1.67 bits per heavy atom. The highest BCUT2D eigenvalue weighted by atomic mass is 32.2. The van der Waals surface area contributed by atoms with E-state index in [2.05, 4.69) is 55.2 Å². The third kappa shape index (κ3) is 4.34. The Balaban J connectivity index is 2.05. The summed E-state index contributed by atoms with van der Waals surface area (Å²) < 4.78 is 7.28. The molecule has 1 heterocycles. The summed E-state index contributed by atoms with van der Waals surface area (Å²) in [6.45, 7) is 6.69. The number of benzene rings is 2. The number of aliphatic hydroxyl groups is 1. The topological polar surface area (TPSA) is 60.2 Å². The Morgan fingerprint density at radius 3 is 2.22 bits per heavy atom. The summed E-state index contributed by atoms with van der Waals surface area (Å²) in [4.78, 5) is 0. The number of methoxy groups -OCH3 is 1. The number of ether oxygens (including phenoxy) is 1. The second kappa shape index (κ2) is 8.15. The fraction of sp³-hybridized carbons (Fsp3) is 0.333. The van der Waals surface area contributed by atoms with Gasteiger partial charge in [-0.2, -0.15) is 0 Å². The fourth-order valence-corrected chi connectivity index (χ4v) is 3.46. The molecule has 0 radical (unpaired) electrons. The van der Waals surface area contributed by atoms with Crippen LogP contribution in [0.2, 0.25) is 0 Å². The standard InChI is InChI=1S/C21H25N3O2S/c1-21(2,3)16-7-5-15(6-8-16)19-22-23-20(27-14-13-25)24(19)17-9-11-18(26-4)12-10-17/h5-12,25H,13-14H2,1-4H3. The van der Waals surface area contributed by atoms with Crippen LogP contribution in [0.4, 0.5) is 0 Å². The lowest BCUT2D eigenvalue weighted by Crippen LogP contribution is -2.10. The number of rotatable bonds is 6. The smallest absolute Gasteiger partial charge is 0.196 e. The Hall–Kier alpha value is -2.31. The number of hydrogen-bond acceptors (Lipinski definition) is 5. The largest absolute Gasteiger partial charge is 0.497 e. The molecule has 3 rings (SSSR count). The molecule has 0 aliphatic heterocycles. The molecule has 0 unspecified atom stereocenters. The van der Waals surface area contributed by atoms with Crippen molar-refractivity contribution in [1.29, 1.82) is 0 Å². The van der Waals surface area contributed by atoms with Gasteiger partial charge in [0.25, 0.3) is 0 Å². The number of hydrogen-bond donors (Lipinski definition) is 1. The average molecular weight is 384 g/mol. The first kappa shape index (κ1) is 19.5. The molecular formula is C21H25N3O2S. The lowest BCUT2D eigenvalue weighted by molar-refractivity contribution is 0.322. The summed E-state index contributed by atoms with van der Waals surface area (Å²) in [5.74, 6) is 2.14. The van der Waals surface area contributed by atoms with Crippen LogP contribution in [0.15, 0.2) is 53.7 Å². The molecule has 3 aromatic rings. The van der Waals surface area contributed by atoms with E-state index in [-0.39, 0.29) is 12.0 Å². The van der Waals surface area contributed by atoms with E-state index in [1.807, 2.05) is 28.8 Å². The molecule has 2 aromatic carbocycles. The minimum Gasteiger partial charge on any atom is -0.497 e. The summed E-state index contributed by atoms with van der Waals surface area (Å²) in [6.07, 6.45) is 0. The second-order valence-corrected chi connectivity index (χ2v) is 8.30. The van der Waals surface area contributed by atoms with Crippen molar-refractivity contribution in [2.75, 3.05) is 19.5 Å². The minimum absolute atomic E-state index is 0.0930. The molecule has 0 fully saturated rings. The zero-order valence-corrected chi connectivity index (χ0v) is 17.0. The molecule has 0 amide bonds. The van der Waals surface area contributed by atoms with E-state index in [0.29, 0.717) is 5.75 Å². The summed E-state index contributed by atoms with van der Waals surface area (Å²) in [6, 6.07) is 16.3. The van der Waals surface area contributed by atoms with Crippen LogP contribution in [0.25, 0.3) is 17.1 Å². The number of aliphatic hydroxyl groups excluding tert-OH is 1. The zero-order chi connectivity index (χ0) is 19.4. The Bertz CT molecular complexity index is 881. The molecular weight excluding hydrogens is 358 g/mol. The predicted molar refractivity (Wildman–Crippen MR) is 110 cm³/mol. The minimum atomic E-state index is 0.0930. The predicted octanol–water partition coefficient (Wildman–Crippen LogP) is 4.32. The van der Waals surface area contributed by atoms with Gasteiger partial charge in [-0.05, 0) is 35.2 Å². The van der Waals surface area contributed by atoms with Crippen LogP contribution in [-0.4, -0.2) is 39.3 Å². The van der Waals surface area contributed by atoms with E-state index in [1.165, 1.54) is 17.3 Å². The van der Waals surface area contributed by atoms with Crippen LogP contribution in [0, 0.1) is 0 Å². The maximum absolute atomic E-state index is 9.19. The molecule has 1 N–H and O–H groups in total. The van der Waals surface area contributed by atoms with Crippen LogP contribution in [0.1, 0.15) is 26.3 Å². The zero-order valence-electron chi connectivity index (χ0n) is 16.1. The first-order valence-corrected chi connectivity index (χ1v) is 9.87. The van der Waals surface area contributed by atoms with E-state index in [0.717, 1.165) is 28.0 Å². The molecule has 5 nitrogen and oxygen atoms in total. The van der Waals surface area contributed by atoms with Crippen LogP contribution in [0.3, 0.4) is 0 Å². The first-order chi connectivity index (χ1) is 12.9. The van der Waals surface area contributed by atoms with E-state index >= 15 is 0 Å². The van der Waals surface area contributed by atoms with Gasteiger partial charge < -0.3 is 9.84 Å². The first-order valence-electron chi connectivity index (χ1n) is 8.88. The van der Waals surface area contributed by atoms with Crippen molar-refractivity contribution in [2.45, 2.75) is 31.3 Å². The molecule has 0 aliphatic rings. The average Bonchev–Trinajstić information content (AvgIpc) is 3.09. The van der Waals surface area contributed by atoms with Crippen LogP contribution < -0.4 is 4.74 Å². The van der Waals surface area contributed by atoms with E-state index in [1.54, 1.807) is 7.11 Å². The van der Waals surface area contributed by atoms with Crippen molar-refractivity contribution in [3.05, 3.63) is 54.1 Å². The quantitative estimate of drug-likeness (QED) is 0.642. The molecule has 0 spiro atoms. The molecule has 1 aromatic heterocycles. The van der Waals surface area contributed by atoms with Crippen molar-refractivity contribution < 1.29 is 9.84 Å². The van der Waals surface area contributed by atoms with Crippen molar-refractivity contribution in [1.82, 2.24) is 14.8 Å². The number of thioether (sulfide) groups is 1. The summed E-state index contributed by atoms with van der Waals surface area (Å²) in [5, 5.41) is 18.7. The van der Waals surface area contributed by atoms with Crippen molar-refractivity contribution in [2.24, 2.45) is 0 Å². The maximum atomic E-state index is 9.19. The molecule has 0 atom stereocenters. The normalized spacial score (nSPS) is 11.6. The van der Waals surface area contributed by atoms with Gasteiger partial charge in [0, 0.05) is 17.0 Å². The summed E-state index contributed by atoms with van der Waals surface area (Å²) >= 11 is 1.48. The van der Waals surface area contributed by atoms with Gasteiger partial charge in [-0.25, -0.2) is 0 Å². The van der Waals surface area contributed by atoms with Gasteiger partial charge >= 0.3 is 0 Å². The van der Waals surface area contributed by atoms with E-state index in [9.17, 15) is 5.11 Å². The monoisotopic (exact) mass is 383 g/mol. The molecule has 27 heavy (non-hydrogen) atoms. The van der Waals surface area contributed by atoms with Gasteiger partial charge in [0.05, 0.1) is 13.7 Å².